The second kappa shape index (κ2) is 6.42. The van der Waals surface area contributed by atoms with E-state index in [-0.39, 0.29) is 28.7 Å². The van der Waals surface area contributed by atoms with E-state index >= 15 is 0 Å². The summed E-state index contributed by atoms with van der Waals surface area (Å²) in [4.78, 5) is 22.6. The Bertz CT molecular complexity index is 576. The van der Waals surface area contributed by atoms with Gasteiger partial charge in [-0.05, 0) is 32.0 Å². The first-order valence-corrected chi connectivity index (χ1v) is 6.18. The lowest BCUT2D eigenvalue weighted by Gasteiger charge is -2.19. The van der Waals surface area contributed by atoms with Gasteiger partial charge in [0.25, 0.3) is 0 Å². The maximum Gasteiger partial charge on any atom is 0.335 e. The van der Waals surface area contributed by atoms with Gasteiger partial charge in [-0.1, -0.05) is 17.5 Å². The molecule has 0 atom stereocenters. The Morgan fingerprint density at radius 3 is 2.65 bits per heavy atom. The topological polar surface area (TPSA) is 78.4 Å². The van der Waals surface area contributed by atoms with Crippen LogP contribution in [0.5, 0.6) is 0 Å². The molecule has 0 unspecified atom stereocenters. The maximum absolute atomic E-state index is 11.8. The van der Waals surface area contributed by atoms with Crippen molar-refractivity contribution in [2.45, 2.75) is 19.4 Å². The number of carboxylic acids is 1. The summed E-state index contributed by atoms with van der Waals surface area (Å²) in [5.41, 5.74) is -0.317. The summed E-state index contributed by atoms with van der Waals surface area (Å²) in [5.74, 6) is 1.04. The van der Waals surface area contributed by atoms with E-state index in [9.17, 15) is 9.59 Å². The molecule has 0 aliphatic rings. The number of hydrogen-bond donors (Lipinski definition) is 3. The Hall–Kier alpha value is -2.03. The number of carbonyl (C=O) groups excluding carboxylic acids is 1. The van der Waals surface area contributed by atoms with E-state index in [1.165, 1.54) is 18.2 Å². The molecule has 106 valence electrons. The molecule has 0 bridgehead atoms. The van der Waals surface area contributed by atoms with Crippen molar-refractivity contribution in [1.29, 1.82) is 0 Å². The van der Waals surface area contributed by atoms with Crippen LogP contribution in [0.1, 0.15) is 24.2 Å². The molecule has 3 N–H and O–H groups in total. The number of amides is 1. The van der Waals surface area contributed by atoms with Gasteiger partial charge in [-0.25, -0.2) is 4.79 Å². The zero-order valence-electron chi connectivity index (χ0n) is 11.2. The number of benzene rings is 1. The Labute approximate surface area is 122 Å². The van der Waals surface area contributed by atoms with Gasteiger partial charge < -0.3 is 10.4 Å². The number of nitrogens with one attached hydrogen (secondary N) is 2. The molecule has 6 heteroatoms. The lowest BCUT2D eigenvalue weighted by atomic mass is 10.1. The SMILES string of the molecule is C#CC(C)(C)NCC(=O)Nc1cc(C(=O)O)ccc1Cl. The zero-order valence-corrected chi connectivity index (χ0v) is 11.9. The van der Waals surface area contributed by atoms with Crippen molar-refractivity contribution in [3.8, 4) is 12.3 Å². The van der Waals surface area contributed by atoms with Gasteiger partial charge in [0, 0.05) is 0 Å². The molecular formula is C14H15ClN2O3. The van der Waals surface area contributed by atoms with Crippen LogP contribution in [-0.4, -0.2) is 29.1 Å². The second-order valence-corrected chi connectivity index (χ2v) is 5.08. The second-order valence-electron chi connectivity index (χ2n) is 4.67. The molecule has 1 rings (SSSR count). The minimum absolute atomic E-state index is 0.00910. The van der Waals surface area contributed by atoms with E-state index < -0.39 is 11.5 Å². The summed E-state index contributed by atoms with van der Waals surface area (Å²) in [6, 6.07) is 4.08. The summed E-state index contributed by atoms with van der Waals surface area (Å²) >= 11 is 5.90. The fourth-order valence-corrected chi connectivity index (χ4v) is 1.47. The number of rotatable bonds is 5. The molecular weight excluding hydrogens is 280 g/mol. The normalized spacial score (nSPS) is 10.7. The molecule has 0 radical (unpaired) electrons. The van der Waals surface area contributed by atoms with Crippen molar-refractivity contribution in [3.05, 3.63) is 28.8 Å². The number of hydrogen-bond acceptors (Lipinski definition) is 3. The van der Waals surface area contributed by atoms with Crippen molar-refractivity contribution in [2.24, 2.45) is 0 Å². The lowest BCUT2D eigenvalue weighted by Crippen LogP contribution is -2.42. The highest BCUT2D eigenvalue weighted by atomic mass is 35.5. The lowest BCUT2D eigenvalue weighted by molar-refractivity contribution is -0.115. The van der Waals surface area contributed by atoms with Crippen LogP contribution in [-0.2, 0) is 4.79 Å². The van der Waals surface area contributed by atoms with Crippen molar-refractivity contribution < 1.29 is 14.7 Å². The Morgan fingerprint density at radius 2 is 2.10 bits per heavy atom. The van der Waals surface area contributed by atoms with Gasteiger partial charge in [0.2, 0.25) is 5.91 Å². The Kier molecular flexibility index (Phi) is 5.14. The number of aromatic carboxylic acids is 1. The van der Waals surface area contributed by atoms with Gasteiger partial charge in [-0.3, -0.25) is 10.1 Å². The van der Waals surface area contributed by atoms with Gasteiger partial charge in [0.05, 0.1) is 28.4 Å². The van der Waals surface area contributed by atoms with Crippen LogP contribution in [0.2, 0.25) is 5.02 Å². The number of halogens is 1. The smallest absolute Gasteiger partial charge is 0.335 e. The van der Waals surface area contributed by atoms with Gasteiger partial charge in [-0.15, -0.1) is 6.42 Å². The van der Waals surface area contributed by atoms with Gasteiger partial charge in [-0.2, -0.15) is 0 Å². The quantitative estimate of drug-likeness (QED) is 0.726. The van der Waals surface area contributed by atoms with E-state index in [2.05, 4.69) is 16.6 Å². The largest absolute Gasteiger partial charge is 0.478 e. The van der Waals surface area contributed by atoms with Gasteiger partial charge >= 0.3 is 5.97 Å². The molecule has 0 saturated carbocycles. The molecule has 0 aliphatic heterocycles. The molecule has 0 spiro atoms. The predicted molar refractivity (Wildman–Crippen MR) is 78.0 cm³/mol. The van der Waals surface area contributed by atoms with Crippen LogP contribution in [0.4, 0.5) is 5.69 Å². The summed E-state index contributed by atoms with van der Waals surface area (Å²) in [7, 11) is 0. The molecule has 0 aliphatic carbocycles. The monoisotopic (exact) mass is 294 g/mol. The third-order valence-electron chi connectivity index (χ3n) is 2.54. The first-order chi connectivity index (χ1) is 9.25. The fraction of sp³-hybridized carbons (Fsp3) is 0.286. The van der Waals surface area contributed by atoms with Crippen LogP contribution in [0, 0.1) is 12.3 Å². The van der Waals surface area contributed by atoms with Crippen LogP contribution >= 0.6 is 11.6 Å². The Balaban J connectivity index is 2.74. The highest BCUT2D eigenvalue weighted by Crippen LogP contribution is 2.23. The van der Waals surface area contributed by atoms with Crippen LogP contribution in [0.3, 0.4) is 0 Å². The summed E-state index contributed by atoms with van der Waals surface area (Å²) < 4.78 is 0. The molecule has 0 heterocycles. The number of carboxylic acid groups (broad SMARTS) is 1. The van der Waals surface area contributed by atoms with Gasteiger partial charge in [0.15, 0.2) is 0 Å². The highest BCUT2D eigenvalue weighted by molar-refractivity contribution is 6.33. The van der Waals surface area contributed by atoms with E-state index in [0.29, 0.717) is 0 Å². The van der Waals surface area contributed by atoms with E-state index in [4.69, 9.17) is 23.1 Å². The molecule has 20 heavy (non-hydrogen) atoms. The minimum Gasteiger partial charge on any atom is -0.478 e. The average Bonchev–Trinajstić information content (AvgIpc) is 2.39. The van der Waals surface area contributed by atoms with Crippen molar-refractivity contribution in [2.75, 3.05) is 11.9 Å². The number of anilines is 1. The Morgan fingerprint density at radius 1 is 1.45 bits per heavy atom. The molecule has 0 fully saturated rings. The van der Waals surface area contributed by atoms with Crippen molar-refractivity contribution in [1.82, 2.24) is 5.32 Å². The van der Waals surface area contributed by atoms with E-state index in [1.807, 2.05) is 0 Å². The molecule has 0 saturated heterocycles. The molecule has 1 aromatic carbocycles. The standard InChI is InChI=1S/C14H15ClN2O3/c1-4-14(2,3)16-8-12(18)17-11-7-9(13(19)20)5-6-10(11)15/h1,5-7,16H,8H2,2-3H3,(H,17,18)(H,19,20). The number of carbonyl (C=O) groups is 2. The molecule has 1 aromatic rings. The van der Waals surface area contributed by atoms with Crippen LogP contribution in [0.15, 0.2) is 18.2 Å². The zero-order chi connectivity index (χ0) is 15.3. The summed E-state index contributed by atoms with van der Waals surface area (Å²) in [6.07, 6.45) is 5.29. The first-order valence-electron chi connectivity index (χ1n) is 5.80. The molecule has 0 aromatic heterocycles. The van der Waals surface area contributed by atoms with Crippen molar-refractivity contribution in [3.63, 3.8) is 0 Å². The fourth-order valence-electron chi connectivity index (χ4n) is 1.30. The highest BCUT2D eigenvalue weighted by Gasteiger charge is 2.15. The summed E-state index contributed by atoms with van der Waals surface area (Å²) in [5, 5.41) is 14.6. The van der Waals surface area contributed by atoms with E-state index in [1.54, 1.807) is 13.8 Å². The average molecular weight is 295 g/mol. The first kappa shape index (κ1) is 16.0. The minimum atomic E-state index is -1.09. The summed E-state index contributed by atoms with van der Waals surface area (Å²) in [6.45, 7) is 3.52. The van der Waals surface area contributed by atoms with Gasteiger partial charge in [0.1, 0.15) is 0 Å². The van der Waals surface area contributed by atoms with E-state index in [0.717, 1.165) is 0 Å². The molecule has 5 nitrogen and oxygen atoms in total. The van der Waals surface area contributed by atoms with Crippen molar-refractivity contribution >= 4 is 29.2 Å². The van der Waals surface area contributed by atoms with Crippen LogP contribution < -0.4 is 10.6 Å². The third kappa shape index (κ3) is 4.57. The maximum atomic E-state index is 11.8. The van der Waals surface area contributed by atoms with Crippen LogP contribution in [0.25, 0.3) is 0 Å². The third-order valence-corrected chi connectivity index (χ3v) is 2.87. The molecule has 1 amide bonds. The predicted octanol–water partition coefficient (Wildman–Crippen LogP) is 1.98. The number of terminal acetylenes is 1.